The normalized spacial score (nSPS) is 9.22. The van der Waals surface area contributed by atoms with Crippen LogP contribution >= 0.6 is 0 Å². The van der Waals surface area contributed by atoms with E-state index in [-0.39, 0.29) is 17.9 Å². The Balaban J connectivity index is 3.04. The summed E-state index contributed by atoms with van der Waals surface area (Å²) in [5.74, 6) is -0.0948. The van der Waals surface area contributed by atoms with Gasteiger partial charge in [0.1, 0.15) is 5.75 Å². The summed E-state index contributed by atoms with van der Waals surface area (Å²) in [5, 5.41) is 0. The first-order chi connectivity index (χ1) is 8.63. The van der Waals surface area contributed by atoms with Crippen molar-refractivity contribution >= 4 is 17.3 Å². The molecule has 0 aliphatic carbocycles. The molecular weight excluding hydrogens is 232 g/mol. The van der Waals surface area contributed by atoms with Gasteiger partial charge in [0.05, 0.1) is 19.3 Å². The van der Waals surface area contributed by atoms with Crippen LogP contribution in [-0.2, 0) is 9.53 Å². The van der Waals surface area contributed by atoms with E-state index in [1.807, 2.05) is 0 Å². The van der Waals surface area contributed by atoms with Crippen molar-refractivity contribution in [3.63, 3.8) is 0 Å². The van der Waals surface area contributed by atoms with Gasteiger partial charge in [0.25, 0.3) is 0 Å². The highest BCUT2D eigenvalue weighted by Gasteiger charge is 2.26. The molecule has 0 saturated carbocycles. The average Bonchev–Trinajstić information content (AvgIpc) is 2.40. The van der Waals surface area contributed by atoms with Gasteiger partial charge < -0.3 is 15.0 Å². The van der Waals surface area contributed by atoms with Crippen LogP contribution in [0.3, 0.4) is 0 Å². The number of carbonyl (C=O) groups is 1. The zero-order valence-corrected chi connectivity index (χ0v) is 10.3. The van der Waals surface area contributed by atoms with Gasteiger partial charge in [-0.3, -0.25) is 0 Å². The van der Waals surface area contributed by atoms with E-state index in [0.717, 1.165) is 0 Å². The molecule has 1 rings (SSSR count). The van der Waals surface area contributed by atoms with Crippen LogP contribution in [0.5, 0.6) is 5.75 Å². The minimum atomic E-state index is -0.715. The monoisotopic (exact) mass is 246 g/mol. The smallest absolute Gasteiger partial charge is 0.422 e. The van der Waals surface area contributed by atoms with E-state index in [2.05, 4.69) is 11.4 Å². The van der Waals surface area contributed by atoms with Gasteiger partial charge >= 0.3 is 11.7 Å². The Morgan fingerprint density at radius 2 is 2.22 bits per heavy atom. The summed E-state index contributed by atoms with van der Waals surface area (Å²) in [6, 6.07) is 6.93. The molecule has 0 spiro atoms. The van der Waals surface area contributed by atoms with Crippen LogP contribution in [0.15, 0.2) is 30.8 Å². The van der Waals surface area contributed by atoms with Crippen LogP contribution in [0.25, 0.3) is 11.1 Å². The molecule has 5 heteroatoms. The summed E-state index contributed by atoms with van der Waals surface area (Å²) in [5.41, 5.74) is 9.55. The standard InChI is InChI=1S/C13H14N2O3/c1-4-18-13(16)12(15-14)9(2)10-6-5-7-11(8-10)17-3/h5-8H,2,4H2,1,3H3. The number of nitrogens with zero attached hydrogens (tertiary/aromatic N) is 2. The van der Waals surface area contributed by atoms with Crippen LogP contribution in [0.2, 0.25) is 0 Å². The molecule has 0 aliphatic rings. The molecule has 5 nitrogen and oxygen atoms in total. The zero-order valence-electron chi connectivity index (χ0n) is 10.3. The zero-order chi connectivity index (χ0) is 13.5. The van der Waals surface area contributed by atoms with E-state index in [4.69, 9.17) is 15.0 Å². The Hall–Kier alpha value is -2.39. The van der Waals surface area contributed by atoms with Crippen LogP contribution < -0.4 is 4.74 Å². The molecule has 0 amide bonds. The Morgan fingerprint density at radius 1 is 1.50 bits per heavy atom. The molecular formula is C13H14N2O3. The molecule has 0 fully saturated rings. The van der Waals surface area contributed by atoms with Crippen molar-refractivity contribution in [2.75, 3.05) is 13.7 Å². The highest BCUT2D eigenvalue weighted by atomic mass is 16.5. The molecule has 0 saturated heterocycles. The average molecular weight is 246 g/mol. The van der Waals surface area contributed by atoms with E-state index in [0.29, 0.717) is 11.3 Å². The van der Waals surface area contributed by atoms with Crippen LogP contribution in [0.4, 0.5) is 0 Å². The van der Waals surface area contributed by atoms with Gasteiger partial charge in [0.15, 0.2) is 0 Å². The fourth-order valence-corrected chi connectivity index (χ4v) is 1.37. The van der Waals surface area contributed by atoms with E-state index < -0.39 is 5.97 Å². The van der Waals surface area contributed by atoms with E-state index in [1.54, 1.807) is 31.2 Å². The fraction of sp³-hybridized carbons (Fsp3) is 0.231. The van der Waals surface area contributed by atoms with Crippen molar-refractivity contribution in [1.82, 2.24) is 0 Å². The van der Waals surface area contributed by atoms with Crippen molar-refractivity contribution < 1.29 is 19.1 Å². The maximum Gasteiger partial charge on any atom is 0.422 e. The summed E-state index contributed by atoms with van der Waals surface area (Å²) >= 11 is 0. The lowest BCUT2D eigenvalue weighted by molar-refractivity contribution is -0.139. The predicted molar refractivity (Wildman–Crippen MR) is 67.3 cm³/mol. The summed E-state index contributed by atoms with van der Waals surface area (Å²) in [4.78, 5) is 14.5. The van der Waals surface area contributed by atoms with Gasteiger partial charge in [0.2, 0.25) is 0 Å². The maximum absolute atomic E-state index is 11.5. The molecule has 0 aromatic heterocycles. The van der Waals surface area contributed by atoms with Gasteiger partial charge in [-0.25, -0.2) is 4.79 Å². The Bertz CT molecular complexity index is 517. The highest BCUT2D eigenvalue weighted by molar-refractivity contribution is 6.51. The third-order valence-corrected chi connectivity index (χ3v) is 2.27. The second-order valence-corrected chi connectivity index (χ2v) is 3.38. The van der Waals surface area contributed by atoms with Gasteiger partial charge in [0, 0.05) is 0 Å². The third-order valence-electron chi connectivity index (χ3n) is 2.27. The predicted octanol–water partition coefficient (Wildman–Crippen LogP) is 1.94. The van der Waals surface area contributed by atoms with Gasteiger partial charge in [-0.05, 0) is 24.6 Å². The van der Waals surface area contributed by atoms with Crippen molar-refractivity contribution in [3.8, 4) is 5.75 Å². The molecule has 0 heterocycles. The molecule has 94 valence electrons. The van der Waals surface area contributed by atoms with Gasteiger partial charge in [-0.1, -0.05) is 18.7 Å². The molecule has 1 aromatic carbocycles. The number of carbonyl (C=O) groups excluding carboxylic acids is 1. The summed E-state index contributed by atoms with van der Waals surface area (Å²) in [7, 11) is 1.54. The number of esters is 1. The SMILES string of the molecule is C=C(C(=[N+]=[N-])C(=O)OCC)c1cccc(OC)c1. The minimum Gasteiger partial charge on any atom is -0.497 e. The molecule has 0 aliphatic heterocycles. The summed E-state index contributed by atoms with van der Waals surface area (Å²) in [6.45, 7) is 5.59. The quantitative estimate of drug-likeness (QED) is 0.345. The van der Waals surface area contributed by atoms with Crippen molar-refractivity contribution in [2.45, 2.75) is 6.92 Å². The van der Waals surface area contributed by atoms with E-state index in [9.17, 15) is 4.79 Å². The first-order valence-electron chi connectivity index (χ1n) is 5.36. The van der Waals surface area contributed by atoms with Crippen LogP contribution in [0.1, 0.15) is 12.5 Å². The Labute approximate surface area is 105 Å². The van der Waals surface area contributed by atoms with E-state index >= 15 is 0 Å². The number of benzene rings is 1. The maximum atomic E-state index is 11.5. The Kier molecular flexibility index (Phi) is 4.84. The van der Waals surface area contributed by atoms with Crippen molar-refractivity contribution in [2.24, 2.45) is 0 Å². The molecule has 0 bridgehead atoms. The van der Waals surface area contributed by atoms with Crippen LogP contribution in [-0.4, -0.2) is 30.2 Å². The molecule has 1 aromatic rings. The second kappa shape index (κ2) is 6.37. The summed E-state index contributed by atoms with van der Waals surface area (Å²) < 4.78 is 9.84. The number of rotatable bonds is 5. The Morgan fingerprint density at radius 3 is 2.78 bits per heavy atom. The van der Waals surface area contributed by atoms with Crippen molar-refractivity contribution in [3.05, 3.63) is 41.9 Å². The number of methoxy groups -OCH3 is 1. The van der Waals surface area contributed by atoms with Crippen LogP contribution in [0, 0.1) is 0 Å². The van der Waals surface area contributed by atoms with E-state index in [1.165, 1.54) is 7.11 Å². The largest absolute Gasteiger partial charge is 0.497 e. The highest BCUT2D eigenvalue weighted by Crippen LogP contribution is 2.19. The molecule has 0 radical (unpaired) electrons. The molecule has 18 heavy (non-hydrogen) atoms. The van der Waals surface area contributed by atoms with Crippen molar-refractivity contribution in [1.29, 1.82) is 0 Å². The first kappa shape index (κ1) is 13.7. The molecule has 0 unspecified atom stereocenters. The van der Waals surface area contributed by atoms with Gasteiger partial charge in [-0.15, -0.1) is 0 Å². The number of hydrogen-bond acceptors (Lipinski definition) is 3. The molecule has 0 N–H and O–H groups in total. The first-order valence-corrected chi connectivity index (χ1v) is 5.36. The number of ether oxygens (including phenoxy) is 2. The lowest BCUT2D eigenvalue weighted by Gasteiger charge is -2.04. The van der Waals surface area contributed by atoms with Gasteiger partial charge in [-0.2, -0.15) is 4.79 Å². The second-order valence-electron chi connectivity index (χ2n) is 3.38. The minimum absolute atomic E-state index is 0.198. The topological polar surface area (TPSA) is 71.9 Å². The third kappa shape index (κ3) is 3.06. The lowest BCUT2D eigenvalue weighted by atomic mass is 10.0. The fourth-order valence-electron chi connectivity index (χ4n) is 1.37. The number of hydrogen-bond donors (Lipinski definition) is 0. The summed E-state index contributed by atoms with van der Waals surface area (Å²) in [6.07, 6.45) is 0. The molecule has 0 atom stereocenters. The lowest BCUT2D eigenvalue weighted by Crippen LogP contribution is -2.19.